The number of urea groups is 1. The van der Waals surface area contributed by atoms with E-state index in [2.05, 4.69) is 26.1 Å². The van der Waals surface area contributed by atoms with Crippen LogP contribution in [0.4, 0.5) is 10.5 Å². The lowest BCUT2D eigenvalue weighted by atomic mass is 9.87. The predicted octanol–water partition coefficient (Wildman–Crippen LogP) is 4.61. The first-order chi connectivity index (χ1) is 13.3. The van der Waals surface area contributed by atoms with Gasteiger partial charge in [0.05, 0.1) is 21.2 Å². The van der Waals surface area contributed by atoms with E-state index in [0.717, 1.165) is 51.7 Å². The van der Waals surface area contributed by atoms with Crippen molar-refractivity contribution in [1.82, 2.24) is 4.98 Å². The number of nitrogens with two attached hydrogens (primary N) is 2. The number of anilines is 1. The molecule has 0 fully saturated rings. The monoisotopic (exact) mass is 436 g/mol. The molecule has 6 nitrogen and oxygen atoms in total. The minimum Gasteiger partial charge on any atom is -0.386 e. The van der Waals surface area contributed by atoms with Gasteiger partial charge in [0.15, 0.2) is 0 Å². The summed E-state index contributed by atoms with van der Waals surface area (Å²) in [6, 6.07) is 1.41. The minimum atomic E-state index is -0.746. The molecule has 0 spiro atoms. The molecule has 0 bridgehead atoms. The number of hydrogen-bond acceptors (Lipinski definition) is 6. The Morgan fingerprint density at radius 2 is 1.93 bits per heavy atom. The molecule has 0 saturated carbocycles. The molecular weight excluding hydrogens is 404 g/mol. The van der Waals surface area contributed by atoms with Crippen molar-refractivity contribution in [2.45, 2.75) is 76.0 Å². The smallest absolute Gasteiger partial charge is 0.316 e. The third-order valence-corrected chi connectivity index (χ3v) is 6.47. The first-order valence-corrected chi connectivity index (χ1v) is 11.4. The van der Waals surface area contributed by atoms with Crippen LogP contribution in [0.1, 0.15) is 69.1 Å². The number of carbonyl (C=O) groups is 1. The van der Waals surface area contributed by atoms with Gasteiger partial charge in [0.1, 0.15) is 0 Å². The summed E-state index contributed by atoms with van der Waals surface area (Å²) in [6.07, 6.45) is 3.07. The fourth-order valence-electron chi connectivity index (χ4n) is 3.41. The molecule has 3 rings (SSSR count). The summed E-state index contributed by atoms with van der Waals surface area (Å²) in [5.41, 5.74) is 10.7. The van der Waals surface area contributed by atoms with Gasteiger partial charge < -0.3 is 16.2 Å². The van der Waals surface area contributed by atoms with Gasteiger partial charge in [0, 0.05) is 11.1 Å². The summed E-state index contributed by atoms with van der Waals surface area (Å²) in [4.78, 5) is 16.0. The van der Waals surface area contributed by atoms with Crippen molar-refractivity contribution in [3.63, 3.8) is 0 Å². The lowest BCUT2D eigenvalue weighted by Crippen LogP contribution is -2.24. The number of aliphatic hydroxyl groups is 1. The molecule has 6 N–H and O–H groups in total. The van der Waals surface area contributed by atoms with Gasteiger partial charge in [-0.15, -0.1) is 11.3 Å². The molecule has 0 aromatic carbocycles. The van der Waals surface area contributed by atoms with Crippen LogP contribution in [-0.4, -0.2) is 16.1 Å². The van der Waals surface area contributed by atoms with Crippen LogP contribution >= 0.6 is 23.3 Å². The third-order valence-electron chi connectivity index (χ3n) is 4.82. The molecule has 29 heavy (non-hydrogen) atoms. The number of hydrogen-bond donors (Lipinski definition) is 4. The fourth-order valence-corrected chi connectivity index (χ4v) is 4.76. The van der Waals surface area contributed by atoms with E-state index in [-0.39, 0.29) is 5.41 Å². The summed E-state index contributed by atoms with van der Waals surface area (Å²) in [7, 11) is 0. The number of aromatic nitrogens is 1. The molecule has 8 heteroatoms. The quantitative estimate of drug-likeness (QED) is 0.525. The molecule has 1 aliphatic carbocycles. The second kappa shape index (κ2) is 9.04. The van der Waals surface area contributed by atoms with Crippen molar-refractivity contribution in [1.29, 1.82) is 0 Å². The van der Waals surface area contributed by atoms with E-state index in [9.17, 15) is 9.90 Å². The number of pyridine rings is 1. The van der Waals surface area contributed by atoms with Gasteiger partial charge in [-0.2, -0.15) is 0 Å². The van der Waals surface area contributed by atoms with Crippen LogP contribution in [0.5, 0.6) is 0 Å². The zero-order valence-corrected chi connectivity index (χ0v) is 19.7. The van der Waals surface area contributed by atoms with Gasteiger partial charge in [-0.1, -0.05) is 20.8 Å². The second-order valence-electron chi connectivity index (χ2n) is 8.81. The van der Waals surface area contributed by atoms with E-state index in [1.165, 1.54) is 17.5 Å². The highest BCUT2D eigenvalue weighted by Crippen LogP contribution is 2.36. The predicted molar refractivity (Wildman–Crippen MR) is 123 cm³/mol. The maximum absolute atomic E-state index is 11.2. The Kier molecular flexibility index (Phi) is 7.37. The maximum Gasteiger partial charge on any atom is 0.316 e. The lowest BCUT2D eigenvalue weighted by molar-refractivity contribution is 0.0789. The van der Waals surface area contributed by atoms with Gasteiger partial charge in [-0.05, 0) is 80.1 Å². The van der Waals surface area contributed by atoms with Crippen LogP contribution in [0.3, 0.4) is 0 Å². The van der Waals surface area contributed by atoms with E-state index >= 15 is 0 Å². The summed E-state index contributed by atoms with van der Waals surface area (Å²) in [6.45, 7) is 11.9. The van der Waals surface area contributed by atoms with Crippen LogP contribution in [0, 0.1) is 6.92 Å². The molecule has 1 aliphatic rings. The Morgan fingerprint density at radius 1 is 1.28 bits per heavy atom. The Bertz CT molecular complexity index is 880. The van der Waals surface area contributed by atoms with Crippen molar-refractivity contribution >= 4 is 35.0 Å². The molecule has 0 unspecified atom stereocenters. The van der Waals surface area contributed by atoms with Crippen molar-refractivity contribution in [3.05, 3.63) is 39.5 Å². The van der Waals surface area contributed by atoms with E-state index in [0.29, 0.717) is 0 Å². The van der Waals surface area contributed by atoms with Gasteiger partial charge in [0.2, 0.25) is 0 Å². The summed E-state index contributed by atoms with van der Waals surface area (Å²) in [5.74, 6) is 0. The van der Waals surface area contributed by atoms with Gasteiger partial charge in [-0.3, -0.25) is 10.1 Å². The Balaban J connectivity index is 0.000000234. The molecule has 160 valence electrons. The first-order valence-electron chi connectivity index (χ1n) is 9.62. The minimum absolute atomic E-state index is 0.0320. The normalized spacial score (nSPS) is 13.5. The number of primary amides is 1. The molecule has 0 saturated heterocycles. The zero-order chi connectivity index (χ0) is 22.0. The fraction of sp³-hybridized carbons (Fsp3) is 0.524. The summed E-state index contributed by atoms with van der Waals surface area (Å²) >= 11 is 2.77. The van der Waals surface area contributed by atoms with Gasteiger partial charge >= 0.3 is 6.03 Å². The Labute approximate surface area is 181 Å². The number of fused-ring (bicyclic) bond motifs is 1. The van der Waals surface area contributed by atoms with Crippen LogP contribution in [-0.2, 0) is 23.9 Å². The SMILES string of the molecule is CC(C)(O)c1csc(SN)c1.Cc1c(C(C)(C)C)nc2c(c1NC(N)=O)CCC2. The number of nitrogens with one attached hydrogen (secondary N) is 1. The van der Waals surface area contributed by atoms with Crippen LogP contribution in [0.15, 0.2) is 15.7 Å². The molecule has 0 aliphatic heterocycles. The maximum atomic E-state index is 11.2. The molecule has 2 amide bonds. The molecule has 0 atom stereocenters. The third kappa shape index (κ3) is 5.94. The number of rotatable bonds is 3. The second-order valence-corrected chi connectivity index (χ2v) is 10.7. The number of amides is 2. The van der Waals surface area contributed by atoms with Crippen LogP contribution < -0.4 is 16.2 Å². The zero-order valence-electron chi connectivity index (χ0n) is 18.0. The van der Waals surface area contributed by atoms with Crippen molar-refractivity contribution in [2.75, 3.05) is 5.32 Å². The van der Waals surface area contributed by atoms with E-state index in [4.69, 9.17) is 15.9 Å². The topological polar surface area (TPSA) is 114 Å². The van der Waals surface area contributed by atoms with Crippen LogP contribution in [0.25, 0.3) is 0 Å². The molecule has 0 radical (unpaired) electrons. The molecular formula is C21H32N4O2S2. The molecule has 2 heterocycles. The van der Waals surface area contributed by atoms with E-state index in [1.54, 1.807) is 25.2 Å². The first kappa shape index (κ1) is 23.7. The summed E-state index contributed by atoms with van der Waals surface area (Å²) in [5, 5.41) is 19.6. The van der Waals surface area contributed by atoms with Crippen LogP contribution in [0.2, 0.25) is 0 Å². The highest BCUT2D eigenvalue weighted by Gasteiger charge is 2.27. The number of thiophene rings is 1. The summed E-state index contributed by atoms with van der Waals surface area (Å²) < 4.78 is 1.03. The highest BCUT2D eigenvalue weighted by atomic mass is 32.2. The average Bonchev–Trinajstić information content (AvgIpc) is 3.24. The molecule has 2 aromatic heterocycles. The number of aryl methyl sites for hydroxylation is 1. The Hall–Kier alpha value is -1.61. The van der Waals surface area contributed by atoms with Gasteiger partial charge in [0.25, 0.3) is 0 Å². The van der Waals surface area contributed by atoms with Crippen molar-refractivity contribution in [2.24, 2.45) is 10.9 Å². The Morgan fingerprint density at radius 3 is 2.38 bits per heavy atom. The van der Waals surface area contributed by atoms with E-state index in [1.807, 2.05) is 18.4 Å². The van der Waals surface area contributed by atoms with Crippen molar-refractivity contribution < 1.29 is 9.90 Å². The van der Waals surface area contributed by atoms with E-state index < -0.39 is 11.6 Å². The van der Waals surface area contributed by atoms with Crippen molar-refractivity contribution in [3.8, 4) is 0 Å². The lowest BCUT2D eigenvalue weighted by Gasteiger charge is -2.24. The highest BCUT2D eigenvalue weighted by molar-refractivity contribution is 7.99. The standard InChI is InChI=1S/C14H21N3O.C7H11NOS2/c1-8-11(17-13(15)18)9-6-5-7-10(9)16-12(8)14(2,3)4;1-7(2,9)5-3-6(11-8)10-4-5/h5-7H2,1-4H3,(H3,15,16,17,18);3-4,9H,8H2,1-2H3. The average molecular weight is 437 g/mol. The largest absolute Gasteiger partial charge is 0.386 e. The van der Waals surface area contributed by atoms with Gasteiger partial charge in [-0.25, -0.2) is 4.79 Å². The number of carbonyl (C=O) groups excluding carboxylic acids is 1. The molecule has 2 aromatic rings. The number of nitrogens with zero attached hydrogens (tertiary/aromatic N) is 1.